The Labute approximate surface area is 102 Å². The van der Waals surface area contributed by atoms with E-state index in [4.69, 9.17) is 17.3 Å². The van der Waals surface area contributed by atoms with Crippen LogP contribution in [0.4, 0.5) is 5.82 Å². The molecule has 1 aromatic carbocycles. The molecule has 17 heavy (non-hydrogen) atoms. The minimum atomic E-state index is 0.411. The summed E-state index contributed by atoms with van der Waals surface area (Å²) < 4.78 is 0. The van der Waals surface area contributed by atoms with Gasteiger partial charge in [-0.05, 0) is 24.3 Å². The molecule has 0 bridgehead atoms. The highest BCUT2D eigenvalue weighted by Gasteiger charge is 2.08. The summed E-state index contributed by atoms with van der Waals surface area (Å²) in [5, 5.41) is 8.05. The normalized spacial score (nSPS) is 10.9. The molecule has 0 fully saturated rings. The summed E-state index contributed by atoms with van der Waals surface area (Å²) in [5.41, 5.74) is 7.32. The van der Waals surface area contributed by atoms with Crippen LogP contribution in [-0.2, 0) is 0 Å². The molecule has 0 radical (unpaired) electrons. The van der Waals surface area contributed by atoms with Gasteiger partial charge in [0.25, 0.3) is 0 Å². The van der Waals surface area contributed by atoms with Crippen molar-refractivity contribution in [1.29, 1.82) is 0 Å². The molecule has 0 amide bonds. The van der Waals surface area contributed by atoms with E-state index in [0.29, 0.717) is 22.3 Å². The molecular formula is C11H8ClN5. The first-order valence-electron chi connectivity index (χ1n) is 4.96. The third-order valence-electron chi connectivity index (χ3n) is 2.44. The second-order valence-corrected chi connectivity index (χ2v) is 4.01. The number of hydrogen-bond donors (Lipinski definition) is 2. The number of rotatable bonds is 1. The van der Waals surface area contributed by atoms with Gasteiger partial charge in [-0.25, -0.2) is 9.97 Å². The van der Waals surface area contributed by atoms with E-state index in [0.717, 1.165) is 10.9 Å². The molecule has 3 rings (SSSR count). The summed E-state index contributed by atoms with van der Waals surface area (Å²) in [6.45, 7) is 0. The van der Waals surface area contributed by atoms with Gasteiger partial charge in [-0.2, -0.15) is 5.10 Å². The summed E-state index contributed by atoms with van der Waals surface area (Å²) in [6.07, 6.45) is 1.61. The number of hydrogen-bond acceptors (Lipinski definition) is 4. The summed E-state index contributed by atoms with van der Waals surface area (Å²) in [7, 11) is 0. The van der Waals surface area contributed by atoms with Gasteiger partial charge in [0.1, 0.15) is 5.82 Å². The monoisotopic (exact) mass is 245 g/mol. The largest absolute Gasteiger partial charge is 0.383 e. The fourth-order valence-corrected chi connectivity index (χ4v) is 1.71. The predicted molar refractivity (Wildman–Crippen MR) is 66.5 cm³/mol. The zero-order valence-corrected chi connectivity index (χ0v) is 9.44. The highest BCUT2D eigenvalue weighted by atomic mass is 35.5. The Morgan fingerprint density at radius 2 is 1.88 bits per heavy atom. The molecule has 0 saturated heterocycles. The lowest BCUT2D eigenvalue weighted by Crippen LogP contribution is -1.96. The molecule has 6 heteroatoms. The Morgan fingerprint density at radius 3 is 2.65 bits per heavy atom. The summed E-state index contributed by atoms with van der Waals surface area (Å²) in [4.78, 5) is 8.58. The van der Waals surface area contributed by atoms with Crippen molar-refractivity contribution in [2.24, 2.45) is 0 Å². The molecule has 2 heterocycles. The first-order valence-corrected chi connectivity index (χ1v) is 5.34. The molecule has 3 N–H and O–H groups in total. The van der Waals surface area contributed by atoms with Gasteiger partial charge in [-0.3, -0.25) is 5.10 Å². The van der Waals surface area contributed by atoms with Crippen LogP contribution < -0.4 is 5.73 Å². The standard InChI is InChI=1S/C11H8ClN5/c12-7-3-1-6(2-4-7)10-15-9(13)8-5-14-17-11(8)16-10/h1-5H,(H3,13,14,15,16,17). The van der Waals surface area contributed by atoms with E-state index < -0.39 is 0 Å². The van der Waals surface area contributed by atoms with Gasteiger partial charge in [-0.15, -0.1) is 0 Å². The van der Waals surface area contributed by atoms with Crippen molar-refractivity contribution in [2.45, 2.75) is 0 Å². The first kappa shape index (κ1) is 10.0. The molecule has 5 nitrogen and oxygen atoms in total. The number of nitrogens with two attached hydrogens (primary N) is 1. The number of fused-ring (bicyclic) bond motifs is 1. The van der Waals surface area contributed by atoms with E-state index in [1.807, 2.05) is 12.1 Å². The Balaban J connectivity index is 2.20. The summed E-state index contributed by atoms with van der Waals surface area (Å²) >= 11 is 5.83. The van der Waals surface area contributed by atoms with E-state index in [1.54, 1.807) is 18.3 Å². The van der Waals surface area contributed by atoms with Crippen molar-refractivity contribution < 1.29 is 0 Å². The number of nitrogens with one attached hydrogen (secondary N) is 1. The first-order chi connectivity index (χ1) is 8.24. The maximum Gasteiger partial charge on any atom is 0.163 e. The molecule has 0 aliphatic carbocycles. The van der Waals surface area contributed by atoms with Crippen molar-refractivity contribution >= 4 is 28.5 Å². The predicted octanol–water partition coefficient (Wildman–Crippen LogP) is 2.26. The van der Waals surface area contributed by atoms with Crippen molar-refractivity contribution in [3.8, 4) is 11.4 Å². The average Bonchev–Trinajstić information content (AvgIpc) is 2.78. The van der Waals surface area contributed by atoms with Crippen molar-refractivity contribution in [3.63, 3.8) is 0 Å². The minimum absolute atomic E-state index is 0.411. The Bertz CT molecular complexity index is 674. The number of nitrogen functional groups attached to an aromatic ring is 1. The molecule has 2 aromatic heterocycles. The van der Waals surface area contributed by atoms with Crippen LogP contribution in [0.15, 0.2) is 30.5 Å². The van der Waals surface area contributed by atoms with E-state index >= 15 is 0 Å². The smallest absolute Gasteiger partial charge is 0.163 e. The summed E-state index contributed by atoms with van der Waals surface area (Å²) in [6, 6.07) is 7.26. The van der Waals surface area contributed by atoms with Crippen LogP contribution in [0.3, 0.4) is 0 Å². The van der Waals surface area contributed by atoms with E-state index in [-0.39, 0.29) is 0 Å². The van der Waals surface area contributed by atoms with Crippen LogP contribution in [0, 0.1) is 0 Å². The number of benzene rings is 1. The number of aromatic nitrogens is 4. The van der Waals surface area contributed by atoms with E-state index in [1.165, 1.54) is 0 Å². The minimum Gasteiger partial charge on any atom is -0.383 e. The highest BCUT2D eigenvalue weighted by molar-refractivity contribution is 6.30. The number of anilines is 1. The van der Waals surface area contributed by atoms with Crippen molar-refractivity contribution in [1.82, 2.24) is 20.2 Å². The van der Waals surface area contributed by atoms with Gasteiger partial charge in [0.2, 0.25) is 0 Å². The van der Waals surface area contributed by atoms with Gasteiger partial charge in [0.15, 0.2) is 11.5 Å². The SMILES string of the molecule is Nc1nc(-c2ccc(Cl)cc2)nc2[nH]ncc12. The molecule has 84 valence electrons. The molecule has 0 aliphatic rings. The van der Waals surface area contributed by atoms with Crippen molar-refractivity contribution in [2.75, 3.05) is 5.73 Å². The zero-order valence-electron chi connectivity index (χ0n) is 8.68. The lowest BCUT2D eigenvalue weighted by atomic mass is 10.2. The van der Waals surface area contributed by atoms with E-state index in [2.05, 4.69) is 20.2 Å². The zero-order chi connectivity index (χ0) is 11.8. The van der Waals surface area contributed by atoms with Gasteiger partial charge in [-0.1, -0.05) is 11.6 Å². The van der Waals surface area contributed by atoms with Gasteiger partial charge in [0.05, 0.1) is 11.6 Å². The van der Waals surface area contributed by atoms with Crippen LogP contribution in [0.25, 0.3) is 22.4 Å². The third kappa shape index (κ3) is 1.70. The Morgan fingerprint density at radius 1 is 1.12 bits per heavy atom. The molecule has 0 saturated carbocycles. The van der Waals surface area contributed by atoms with Crippen LogP contribution in [-0.4, -0.2) is 20.2 Å². The number of nitrogens with zero attached hydrogens (tertiary/aromatic N) is 3. The summed E-state index contributed by atoms with van der Waals surface area (Å²) in [5.74, 6) is 0.963. The fourth-order valence-electron chi connectivity index (χ4n) is 1.59. The van der Waals surface area contributed by atoms with Crippen LogP contribution in [0.5, 0.6) is 0 Å². The second kappa shape index (κ2) is 3.71. The number of halogens is 1. The maximum atomic E-state index is 5.83. The third-order valence-corrected chi connectivity index (χ3v) is 2.69. The van der Waals surface area contributed by atoms with Gasteiger partial charge < -0.3 is 5.73 Å². The second-order valence-electron chi connectivity index (χ2n) is 3.57. The lowest BCUT2D eigenvalue weighted by Gasteiger charge is -2.02. The van der Waals surface area contributed by atoms with Gasteiger partial charge >= 0.3 is 0 Å². The lowest BCUT2D eigenvalue weighted by molar-refractivity contribution is 1.09. The van der Waals surface area contributed by atoms with Crippen LogP contribution in [0.1, 0.15) is 0 Å². The average molecular weight is 246 g/mol. The quantitative estimate of drug-likeness (QED) is 0.689. The molecular weight excluding hydrogens is 238 g/mol. The highest BCUT2D eigenvalue weighted by Crippen LogP contribution is 2.22. The number of H-pyrrole nitrogens is 1. The van der Waals surface area contributed by atoms with Crippen molar-refractivity contribution in [3.05, 3.63) is 35.5 Å². The molecule has 0 unspecified atom stereocenters. The molecule has 0 atom stereocenters. The van der Waals surface area contributed by atoms with Crippen LogP contribution >= 0.6 is 11.6 Å². The molecule has 3 aromatic rings. The van der Waals surface area contributed by atoms with Crippen LogP contribution in [0.2, 0.25) is 5.02 Å². The Kier molecular flexibility index (Phi) is 2.19. The topological polar surface area (TPSA) is 80.5 Å². The number of aromatic amines is 1. The van der Waals surface area contributed by atoms with E-state index in [9.17, 15) is 0 Å². The molecule has 0 spiro atoms. The van der Waals surface area contributed by atoms with Gasteiger partial charge in [0, 0.05) is 10.6 Å². The Hall–Kier alpha value is -2.14. The molecule has 0 aliphatic heterocycles. The fraction of sp³-hybridized carbons (Fsp3) is 0. The maximum absolute atomic E-state index is 5.83.